The highest BCUT2D eigenvalue weighted by Crippen LogP contribution is 2.27. The smallest absolute Gasteiger partial charge is 0.401 e. The molecule has 1 unspecified atom stereocenters. The molecule has 10 nitrogen and oxygen atoms in total. The van der Waals surface area contributed by atoms with E-state index in [4.69, 9.17) is 18.5 Å². The van der Waals surface area contributed by atoms with E-state index in [1.807, 2.05) is 0 Å². The second-order valence-corrected chi connectivity index (χ2v) is 7.20. The van der Waals surface area contributed by atoms with Gasteiger partial charge >= 0.3 is 5.88 Å². The van der Waals surface area contributed by atoms with Crippen LogP contribution in [0.3, 0.4) is 0 Å². The van der Waals surface area contributed by atoms with Gasteiger partial charge in [-0.25, -0.2) is 14.4 Å². The molecule has 0 aliphatic rings. The van der Waals surface area contributed by atoms with Crippen molar-refractivity contribution in [2.24, 2.45) is 0 Å². The molecule has 2 heterocycles. The molecule has 0 saturated heterocycles. The van der Waals surface area contributed by atoms with E-state index in [0.717, 1.165) is 0 Å². The van der Waals surface area contributed by atoms with Crippen LogP contribution in [-0.2, 0) is 9.20 Å². The summed E-state index contributed by atoms with van der Waals surface area (Å²) in [5.74, 6) is 0.613. The average molecular weight is 470 g/mol. The molecular formula is C21H16FN4O6P. The minimum absolute atomic E-state index is 0.241. The Morgan fingerprint density at radius 2 is 1.94 bits per heavy atom. The Morgan fingerprint density at radius 3 is 2.67 bits per heavy atom. The molecule has 1 atom stereocenters. The predicted molar refractivity (Wildman–Crippen MR) is 121 cm³/mol. The Balaban J connectivity index is 1.61. The molecule has 0 bridgehead atoms. The summed E-state index contributed by atoms with van der Waals surface area (Å²) < 4.78 is 28.6. The Kier molecular flexibility index (Phi) is 6.84. The van der Waals surface area contributed by atoms with Gasteiger partial charge in [-0.05, 0) is 54.6 Å². The topological polar surface area (TPSA) is 122 Å². The quantitative estimate of drug-likeness (QED) is 0.109. The fourth-order valence-corrected chi connectivity index (χ4v) is 3.01. The average Bonchev–Trinajstić information content (AvgIpc) is 3.28. The zero-order chi connectivity index (χ0) is 23.2. The van der Waals surface area contributed by atoms with E-state index < -0.39 is 10.7 Å². The second kappa shape index (κ2) is 10.1. The number of benzene rings is 2. The van der Waals surface area contributed by atoms with Crippen molar-refractivity contribution in [2.45, 2.75) is 0 Å². The molecule has 168 valence electrons. The van der Waals surface area contributed by atoms with Gasteiger partial charge in [-0.2, -0.15) is 0 Å². The van der Waals surface area contributed by atoms with Gasteiger partial charge in [-0.3, -0.25) is 10.1 Å². The predicted octanol–water partition coefficient (Wildman–Crippen LogP) is 5.65. The largest absolute Gasteiger partial charge is 0.433 e. The van der Waals surface area contributed by atoms with Gasteiger partial charge in [0.25, 0.3) is 0 Å². The number of hydrogen-bond acceptors (Lipinski definition) is 9. The molecule has 0 aliphatic carbocycles. The summed E-state index contributed by atoms with van der Waals surface area (Å²) >= 11 is 0. The normalized spacial score (nSPS) is 11.6. The van der Waals surface area contributed by atoms with E-state index >= 15 is 0 Å². The molecule has 4 rings (SSSR count). The summed E-state index contributed by atoms with van der Waals surface area (Å²) in [4.78, 5) is 24.1. The van der Waals surface area contributed by atoms with Crippen molar-refractivity contribution in [2.75, 3.05) is 12.4 Å². The van der Waals surface area contributed by atoms with Crippen LogP contribution in [0.2, 0.25) is 0 Å². The summed E-state index contributed by atoms with van der Waals surface area (Å²) in [6, 6.07) is 13.8. The number of nitrogens with one attached hydrogen (secondary N) is 1. The summed E-state index contributed by atoms with van der Waals surface area (Å²) in [6.45, 7) is 0. The Labute approximate surface area is 188 Å². The minimum Gasteiger partial charge on any atom is -0.401 e. The lowest BCUT2D eigenvalue weighted by molar-refractivity contribution is -0.402. The summed E-state index contributed by atoms with van der Waals surface area (Å²) in [7, 11) is 1.25. The first-order valence-corrected chi connectivity index (χ1v) is 10.2. The molecule has 2 aromatic heterocycles. The molecular weight excluding hydrogens is 454 g/mol. The van der Waals surface area contributed by atoms with Crippen LogP contribution in [-0.4, -0.2) is 22.0 Å². The number of aromatic nitrogens is 2. The monoisotopic (exact) mass is 470 g/mol. The third-order valence-corrected chi connectivity index (χ3v) is 4.56. The zero-order valence-corrected chi connectivity index (χ0v) is 18.0. The van der Waals surface area contributed by atoms with Crippen molar-refractivity contribution in [1.82, 2.24) is 9.97 Å². The van der Waals surface area contributed by atoms with Gasteiger partial charge in [0, 0.05) is 24.2 Å². The van der Waals surface area contributed by atoms with Gasteiger partial charge in [0.15, 0.2) is 11.6 Å². The molecule has 0 saturated carbocycles. The molecule has 12 heteroatoms. The van der Waals surface area contributed by atoms with Gasteiger partial charge in [0.1, 0.15) is 22.3 Å². The van der Waals surface area contributed by atoms with Gasteiger partial charge in [0.2, 0.25) is 9.03 Å². The first-order valence-electron chi connectivity index (χ1n) is 9.40. The number of hydrogen-bond donors (Lipinski definition) is 1. The van der Waals surface area contributed by atoms with Crippen LogP contribution >= 0.6 is 9.03 Å². The van der Waals surface area contributed by atoms with Crippen LogP contribution in [0.4, 0.5) is 21.8 Å². The number of nitrogens with zero attached hydrogens (tertiary/aromatic N) is 3. The third-order valence-electron chi connectivity index (χ3n) is 4.24. The van der Waals surface area contributed by atoms with Crippen LogP contribution in [0.1, 0.15) is 11.6 Å². The number of furan rings is 1. The van der Waals surface area contributed by atoms with Gasteiger partial charge in [-0.15, -0.1) is 4.67 Å². The minimum atomic E-state index is -0.630. The standard InChI is InChI=1S/C21H16FN4O6P/c1-29-33-32-31-16-5-3-14(4-6-16)23-21-17-9-2-13(22)12-18(17)24-19(25-21)10-7-15-8-11-20(30-15)26(27)28/h2-12,33H,1H3,(H,23,24,25)/b10-7+. The van der Waals surface area contributed by atoms with Crippen LogP contribution in [0.15, 0.2) is 59.0 Å². The van der Waals surface area contributed by atoms with E-state index in [1.54, 1.807) is 30.3 Å². The highest BCUT2D eigenvalue weighted by molar-refractivity contribution is 7.26. The number of nitro groups is 1. The molecule has 0 radical (unpaired) electrons. The van der Waals surface area contributed by atoms with E-state index in [2.05, 4.69) is 15.3 Å². The maximum Gasteiger partial charge on any atom is 0.433 e. The Bertz CT molecular complexity index is 1310. The van der Waals surface area contributed by atoms with E-state index in [9.17, 15) is 14.5 Å². The van der Waals surface area contributed by atoms with Gasteiger partial charge in [0.05, 0.1) is 11.6 Å². The SMILES string of the molecule is COPOOc1ccc(Nc2nc(/C=C/c3ccc([N+](=O)[O-])o3)nc3cc(F)ccc23)cc1. The van der Waals surface area contributed by atoms with Gasteiger partial charge < -0.3 is 19.1 Å². The van der Waals surface area contributed by atoms with Crippen molar-refractivity contribution in [1.29, 1.82) is 0 Å². The van der Waals surface area contributed by atoms with E-state index in [-0.39, 0.29) is 26.5 Å². The third kappa shape index (κ3) is 5.66. The van der Waals surface area contributed by atoms with E-state index in [1.165, 1.54) is 43.5 Å². The molecule has 0 amide bonds. The van der Waals surface area contributed by atoms with Crippen molar-refractivity contribution >= 4 is 49.5 Å². The van der Waals surface area contributed by atoms with Crippen LogP contribution in [0.25, 0.3) is 23.1 Å². The fourth-order valence-electron chi connectivity index (χ4n) is 2.81. The van der Waals surface area contributed by atoms with Crippen molar-refractivity contribution < 1.29 is 27.8 Å². The Morgan fingerprint density at radius 1 is 1.12 bits per heavy atom. The van der Waals surface area contributed by atoms with Crippen molar-refractivity contribution in [3.05, 3.63) is 82.1 Å². The highest BCUT2D eigenvalue weighted by atomic mass is 31.1. The maximum absolute atomic E-state index is 13.8. The molecule has 2 aromatic carbocycles. The van der Waals surface area contributed by atoms with Crippen molar-refractivity contribution in [3.63, 3.8) is 0 Å². The molecule has 0 aliphatic heterocycles. The highest BCUT2D eigenvalue weighted by Gasteiger charge is 2.11. The van der Waals surface area contributed by atoms with Crippen LogP contribution in [0.5, 0.6) is 5.75 Å². The summed E-state index contributed by atoms with van der Waals surface area (Å²) in [6.07, 6.45) is 3.01. The number of rotatable bonds is 9. The lowest BCUT2D eigenvalue weighted by Gasteiger charge is -2.10. The molecule has 1 N–H and O–H groups in total. The maximum atomic E-state index is 13.8. The van der Waals surface area contributed by atoms with Crippen LogP contribution < -0.4 is 10.2 Å². The van der Waals surface area contributed by atoms with Crippen molar-refractivity contribution in [3.8, 4) is 5.75 Å². The lowest BCUT2D eigenvalue weighted by Crippen LogP contribution is -1.99. The fraction of sp³-hybridized carbons (Fsp3) is 0.0476. The molecule has 4 aromatic rings. The Hall–Kier alpha value is -3.92. The summed E-state index contributed by atoms with van der Waals surface area (Å²) in [5.41, 5.74) is 1.07. The zero-order valence-electron chi connectivity index (χ0n) is 17.0. The molecule has 0 spiro atoms. The number of halogens is 1. The molecule has 33 heavy (non-hydrogen) atoms. The number of anilines is 2. The first-order chi connectivity index (χ1) is 16.0. The van der Waals surface area contributed by atoms with E-state index in [0.29, 0.717) is 28.2 Å². The first kappa shape index (κ1) is 22.3. The van der Waals surface area contributed by atoms with Crippen LogP contribution in [0, 0.1) is 15.9 Å². The summed E-state index contributed by atoms with van der Waals surface area (Å²) in [5, 5.41) is 14.6. The second-order valence-electron chi connectivity index (χ2n) is 6.46. The van der Waals surface area contributed by atoms with Gasteiger partial charge in [-0.1, -0.05) is 0 Å². The lowest BCUT2D eigenvalue weighted by atomic mass is 10.2. The number of fused-ring (bicyclic) bond motifs is 1. The molecule has 0 fully saturated rings.